The third-order valence-electron chi connectivity index (χ3n) is 3.41. The van der Waals surface area contributed by atoms with Crippen LogP contribution in [0.3, 0.4) is 0 Å². The molecule has 100 valence electrons. The van der Waals surface area contributed by atoms with Crippen LogP contribution >= 0.6 is 0 Å². The van der Waals surface area contributed by atoms with Crippen LogP contribution in [0.4, 0.5) is 0 Å². The van der Waals surface area contributed by atoms with Crippen molar-refractivity contribution < 1.29 is 4.79 Å². The molecule has 0 fully saturated rings. The Hall–Kier alpha value is -1.35. The molecule has 1 rings (SSSR count). The van der Waals surface area contributed by atoms with Gasteiger partial charge in [-0.3, -0.25) is 4.79 Å². The first-order valence-corrected chi connectivity index (χ1v) is 6.71. The SMILES string of the molecule is CCC(CCN)CNC(=O)C(C)c1ccccc1. The molecule has 1 aromatic rings. The highest BCUT2D eigenvalue weighted by Gasteiger charge is 2.15. The van der Waals surface area contributed by atoms with Crippen LogP contribution < -0.4 is 11.1 Å². The molecule has 1 amide bonds. The summed E-state index contributed by atoms with van der Waals surface area (Å²) < 4.78 is 0. The fraction of sp³-hybridized carbons (Fsp3) is 0.533. The summed E-state index contributed by atoms with van der Waals surface area (Å²) in [5.41, 5.74) is 6.61. The Bertz CT molecular complexity index is 351. The molecule has 0 bridgehead atoms. The van der Waals surface area contributed by atoms with Crippen molar-refractivity contribution in [2.24, 2.45) is 11.7 Å². The molecule has 0 saturated heterocycles. The van der Waals surface area contributed by atoms with Crippen molar-refractivity contribution in [1.29, 1.82) is 0 Å². The van der Waals surface area contributed by atoms with Crippen molar-refractivity contribution in [3.05, 3.63) is 35.9 Å². The standard InChI is InChI=1S/C15H24N2O/c1-3-13(9-10-16)11-17-15(18)12(2)14-7-5-4-6-8-14/h4-8,12-13H,3,9-11,16H2,1-2H3,(H,17,18). The molecule has 0 aliphatic carbocycles. The second kappa shape index (κ2) is 7.88. The number of nitrogens with one attached hydrogen (secondary N) is 1. The monoisotopic (exact) mass is 248 g/mol. The van der Waals surface area contributed by atoms with Gasteiger partial charge >= 0.3 is 0 Å². The van der Waals surface area contributed by atoms with E-state index in [9.17, 15) is 4.79 Å². The minimum Gasteiger partial charge on any atom is -0.355 e. The van der Waals surface area contributed by atoms with E-state index in [1.807, 2.05) is 37.3 Å². The van der Waals surface area contributed by atoms with Crippen molar-refractivity contribution in [2.45, 2.75) is 32.6 Å². The van der Waals surface area contributed by atoms with Crippen LogP contribution in [-0.4, -0.2) is 19.0 Å². The van der Waals surface area contributed by atoms with Gasteiger partial charge in [0.2, 0.25) is 5.91 Å². The van der Waals surface area contributed by atoms with E-state index in [0.717, 1.165) is 24.9 Å². The fourth-order valence-electron chi connectivity index (χ4n) is 1.98. The first kappa shape index (κ1) is 14.7. The second-order valence-corrected chi connectivity index (χ2v) is 4.73. The average Bonchev–Trinajstić information content (AvgIpc) is 2.43. The zero-order chi connectivity index (χ0) is 13.4. The van der Waals surface area contributed by atoms with Crippen LogP contribution in [0.15, 0.2) is 30.3 Å². The summed E-state index contributed by atoms with van der Waals surface area (Å²) in [5, 5.41) is 3.02. The molecule has 18 heavy (non-hydrogen) atoms. The Labute approximate surface area is 110 Å². The summed E-state index contributed by atoms with van der Waals surface area (Å²) in [4.78, 5) is 12.0. The lowest BCUT2D eigenvalue weighted by molar-refractivity contribution is -0.122. The van der Waals surface area contributed by atoms with Crippen LogP contribution in [0.25, 0.3) is 0 Å². The zero-order valence-corrected chi connectivity index (χ0v) is 11.4. The fourth-order valence-corrected chi connectivity index (χ4v) is 1.98. The molecule has 3 heteroatoms. The van der Waals surface area contributed by atoms with Crippen LogP contribution in [0.2, 0.25) is 0 Å². The maximum absolute atomic E-state index is 12.0. The van der Waals surface area contributed by atoms with Gasteiger partial charge in [-0.25, -0.2) is 0 Å². The number of rotatable bonds is 7. The summed E-state index contributed by atoms with van der Waals surface area (Å²) in [7, 11) is 0. The lowest BCUT2D eigenvalue weighted by Crippen LogP contribution is -2.33. The molecule has 0 saturated carbocycles. The smallest absolute Gasteiger partial charge is 0.227 e. The highest BCUT2D eigenvalue weighted by atomic mass is 16.1. The number of amides is 1. The number of carbonyl (C=O) groups excluding carboxylic acids is 1. The van der Waals surface area contributed by atoms with Gasteiger partial charge in [0.1, 0.15) is 0 Å². The predicted octanol–water partition coefficient (Wildman–Crippen LogP) is 2.28. The van der Waals surface area contributed by atoms with Gasteiger partial charge in [-0.15, -0.1) is 0 Å². The van der Waals surface area contributed by atoms with E-state index in [2.05, 4.69) is 12.2 Å². The lowest BCUT2D eigenvalue weighted by atomic mass is 9.99. The van der Waals surface area contributed by atoms with Gasteiger partial charge in [0, 0.05) is 6.54 Å². The maximum atomic E-state index is 12.0. The quantitative estimate of drug-likeness (QED) is 0.778. The van der Waals surface area contributed by atoms with Crippen molar-refractivity contribution >= 4 is 5.91 Å². The topological polar surface area (TPSA) is 55.1 Å². The molecular formula is C15H24N2O. The highest BCUT2D eigenvalue weighted by Crippen LogP contribution is 2.15. The minimum absolute atomic E-state index is 0.0941. The number of hydrogen-bond acceptors (Lipinski definition) is 2. The van der Waals surface area contributed by atoms with E-state index in [0.29, 0.717) is 12.5 Å². The first-order valence-electron chi connectivity index (χ1n) is 6.71. The highest BCUT2D eigenvalue weighted by molar-refractivity contribution is 5.83. The third kappa shape index (κ3) is 4.49. The Morgan fingerprint density at radius 1 is 1.33 bits per heavy atom. The van der Waals surface area contributed by atoms with Crippen LogP contribution in [0.1, 0.15) is 38.2 Å². The predicted molar refractivity (Wildman–Crippen MR) is 75.3 cm³/mol. The third-order valence-corrected chi connectivity index (χ3v) is 3.41. The maximum Gasteiger partial charge on any atom is 0.227 e. The van der Waals surface area contributed by atoms with Crippen molar-refractivity contribution in [3.63, 3.8) is 0 Å². The van der Waals surface area contributed by atoms with Gasteiger partial charge in [0.05, 0.1) is 5.92 Å². The lowest BCUT2D eigenvalue weighted by Gasteiger charge is -2.17. The molecule has 0 aromatic heterocycles. The second-order valence-electron chi connectivity index (χ2n) is 4.73. The molecule has 3 nitrogen and oxygen atoms in total. The molecule has 3 N–H and O–H groups in total. The van der Waals surface area contributed by atoms with Crippen LogP contribution in [0.5, 0.6) is 0 Å². The average molecular weight is 248 g/mol. The summed E-state index contributed by atoms with van der Waals surface area (Å²) in [6, 6.07) is 9.86. The van der Waals surface area contributed by atoms with E-state index in [1.165, 1.54) is 0 Å². The summed E-state index contributed by atoms with van der Waals surface area (Å²) in [5.74, 6) is 0.486. The number of carbonyl (C=O) groups is 1. The van der Waals surface area contributed by atoms with E-state index < -0.39 is 0 Å². The van der Waals surface area contributed by atoms with Gasteiger partial charge < -0.3 is 11.1 Å². The largest absolute Gasteiger partial charge is 0.355 e. The van der Waals surface area contributed by atoms with E-state index in [4.69, 9.17) is 5.73 Å². The molecule has 0 aliphatic heterocycles. The number of benzene rings is 1. The van der Waals surface area contributed by atoms with Gasteiger partial charge in [0.25, 0.3) is 0 Å². The van der Waals surface area contributed by atoms with Gasteiger partial charge in [-0.2, -0.15) is 0 Å². The normalized spacial score (nSPS) is 13.9. The number of hydrogen-bond donors (Lipinski definition) is 2. The Morgan fingerprint density at radius 3 is 2.56 bits per heavy atom. The first-order chi connectivity index (χ1) is 8.69. The number of nitrogens with two attached hydrogens (primary N) is 1. The van der Waals surface area contributed by atoms with Crippen molar-refractivity contribution in [3.8, 4) is 0 Å². The molecule has 0 heterocycles. The van der Waals surface area contributed by atoms with Crippen LogP contribution in [0, 0.1) is 5.92 Å². The Balaban J connectivity index is 2.45. The van der Waals surface area contributed by atoms with E-state index >= 15 is 0 Å². The van der Waals surface area contributed by atoms with Crippen molar-refractivity contribution in [1.82, 2.24) is 5.32 Å². The minimum atomic E-state index is -0.0958. The van der Waals surface area contributed by atoms with Gasteiger partial charge in [-0.1, -0.05) is 43.7 Å². The van der Waals surface area contributed by atoms with Crippen molar-refractivity contribution in [2.75, 3.05) is 13.1 Å². The van der Waals surface area contributed by atoms with Gasteiger partial charge in [0.15, 0.2) is 0 Å². The van der Waals surface area contributed by atoms with E-state index in [-0.39, 0.29) is 11.8 Å². The zero-order valence-electron chi connectivity index (χ0n) is 11.4. The summed E-state index contributed by atoms with van der Waals surface area (Å²) in [6.45, 7) is 5.48. The molecule has 0 spiro atoms. The van der Waals surface area contributed by atoms with Crippen LogP contribution in [-0.2, 0) is 4.79 Å². The van der Waals surface area contributed by atoms with E-state index in [1.54, 1.807) is 0 Å². The molecule has 2 atom stereocenters. The molecular weight excluding hydrogens is 224 g/mol. The Kier molecular flexibility index (Phi) is 6.44. The van der Waals surface area contributed by atoms with Gasteiger partial charge in [-0.05, 0) is 31.4 Å². The summed E-state index contributed by atoms with van der Waals surface area (Å²) in [6.07, 6.45) is 2.02. The molecule has 0 radical (unpaired) electrons. The molecule has 1 aromatic carbocycles. The summed E-state index contributed by atoms with van der Waals surface area (Å²) >= 11 is 0. The Morgan fingerprint density at radius 2 is 2.00 bits per heavy atom. The molecule has 0 aliphatic rings. The molecule has 2 unspecified atom stereocenters.